The molecule has 0 aliphatic carbocycles. The summed E-state index contributed by atoms with van der Waals surface area (Å²) in [5, 5.41) is 11.3. The zero-order chi connectivity index (χ0) is 25.0. The highest BCUT2D eigenvalue weighted by Crippen LogP contribution is 2.42. The molecule has 0 saturated carbocycles. The van der Waals surface area contributed by atoms with Gasteiger partial charge in [0, 0.05) is 18.7 Å². The van der Waals surface area contributed by atoms with Gasteiger partial charge in [0.05, 0.1) is 32.4 Å². The molecule has 0 bridgehead atoms. The maximum absolute atomic E-state index is 13.2. The average Bonchev–Trinajstić information content (AvgIpc) is 3.07. The summed E-state index contributed by atoms with van der Waals surface area (Å²) in [7, 11) is 6.89. The number of likely N-dealkylation sites (N-methyl/N-ethyl adjacent to an activating group) is 1. The van der Waals surface area contributed by atoms with Crippen molar-refractivity contribution in [2.24, 2.45) is 0 Å². The van der Waals surface area contributed by atoms with Crippen LogP contribution in [-0.2, 0) is 9.59 Å². The largest absolute Gasteiger partial charge is 0.507 e. The Bertz CT molecular complexity index is 1110. The molecule has 1 fully saturated rings. The summed E-state index contributed by atoms with van der Waals surface area (Å²) in [6, 6.07) is 9.65. The molecule has 1 atom stereocenters. The topological polar surface area (TPSA) is 88.5 Å². The molecule has 1 unspecified atom stereocenters. The van der Waals surface area contributed by atoms with Crippen molar-refractivity contribution < 1.29 is 28.9 Å². The Morgan fingerprint density at radius 1 is 1.03 bits per heavy atom. The van der Waals surface area contributed by atoms with E-state index in [-0.39, 0.29) is 11.3 Å². The standard InChI is InChI=1S/C26H32N2O6/c1-7-34-20-11-8-17(15-21(20)33-6)23-22(25(30)26(31)28(23)13-12-27(3)4)24(29)18-9-10-19(32-5)16(2)14-18/h8-11,14-15,23,29H,7,12-13H2,1-6H3/b24-22+. The fraction of sp³-hybridized carbons (Fsp3) is 0.385. The lowest BCUT2D eigenvalue weighted by Crippen LogP contribution is -2.35. The number of hydrogen-bond acceptors (Lipinski definition) is 7. The second kappa shape index (κ2) is 10.6. The van der Waals surface area contributed by atoms with Crippen LogP contribution in [0, 0.1) is 6.92 Å². The van der Waals surface area contributed by atoms with Crippen molar-refractivity contribution in [3.05, 3.63) is 58.7 Å². The summed E-state index contributed by atoms with van der Waals surface area (Å²) < 4.78 is 16.4. The molecular formula is C26H32N2O6. The Morgan fingerprint density at radius 3 is 2.29 bits per heavy atom. The van der Waals surface area contributed by atoms with Crippen molar-refractivity contribution in [3.63, 3.8) is 0 Å². The lowest BCUT2D eigenvalue weighted by Gasteiger charge is -2.27. The number of nitrogens with zero attached hydrogens (tertiary/aromatic N) is 2. The smallest absolute Gasteiger partial charge is 0.295 e. The van der Waals surface area contributed by atoms with Crippen LogP contribution in [0.2, 0.25) is 0 Å². The fourth-order valence-corrected chi connectivity index (χ4v) is 4.08. The van der Waals surface area contributed by atoms with E-state index in [9.17, 15) is 14.7 Å². The summed E-state index contributed by atoms with van der Waals surface area (Å²) in [5.41, 5.74) is 1.92. The second-order valence-corrected chi connectivity index (χ2v) is 8.32. The summed E-state index contributed by atoms with van der Waals surface area (Å²) >= 11 is 0. The van der Waals surface area contributed by atoms with E-state index in [0.29, 0.717) is 48.1 Å². The Morgan fingerprint density at radius 2 is 1.71 bits per heavy atom. The maximum Gasteiger partial charge on any atom is 0.295 e. The summed E-state index contributed by atoms with van der Waals surface area (Å²) in [6.07, 6.45) is 0. The van der Waals surface area contributed by atoms with Crippen LogP contribution in [0.4, 0.5) is 0 Å². The highest BCUT2D eigenvalue weighted by molar-refractivity contribution is 6.46. The molecule has 182 valence electrons. The SMILES string of the molecule is CCOc1ccc(C2/C(=C(\O)c3ccc(OC)c(C)c3)C(=O)C(=O)N2CCN(C)C)cc1OC. The molecule has 1 N–H and O–H groups in total. The lowest BCUT2D eigenvalue weighted by molar-refractivity contribution is -0.140. The molecule has 34 heavy (non-hydrogen) atoms. The Balaban J connectivity index is 2.18. The molecule has 8 heteroatoms. The number of benzene rings is 2. The van der Waals surface area contributed by atoms with Gasteiger partial charge in [-0.3, -0.25) is 9.59 Å². The van der Waals surface area contributed by atoms with Crippen molar-refractivity contribution in [1.82, 2.24) is 9.80 Å². The van der Waals surface area contributed by atoms with Gasteiger partial charge in [0.15, 0.2) is 11.5 Å². The molecule has 1 aliphatic heterocycles. The highest BCUT2D eigenvalue weighted by atomic mass is 16.5. The predicted octanol–water partition coefficient (Wildman–Crippen LogP) is 3.39. The van der Waals surface area contributed by atoms with E-state index in [1.165, 1.54) is 12.0 Å². The maximum atomic E-state index is 13.2. The molecule has 1 heterocycles. The first kappa shape index (κ1) is 25.1. The van der Waals surface area contributed by atoms with Crippen molar-refractivity contribution in [1.29, 1.82) is 0 Å². The van der Waals surface area contributed by atoms with E-state index in [1.807, 2.05) is 32.8 Å². The monoisotopic (exact) mass is 468 g/mol. The van der Waals surface area contributed by atoms with Gasteiger partial charge in [0.25, 0.3) is 11.7 Å². The van der Waals surface area contributed by atoms with E-state index in [1.54, 1.807) is 43.5 Å². The molecular weight excluding hydrogens is 436 g/mol. The number of amides is 1. The van der Waals surface area contributed by atoms with Gasteiger partial charge < -0.3 is 29.1 Å². The van der Waals surface area contributed by atoms with Crippen LogP contribution >= 0.6 is 0 Å². The molecule has 3 rings (SSSR count). The van der Waals surface area contributed by atoms with Crippen molar-refractivity contribution in [2.75, 3.05) is 48.0 Å². The second-order valence-electron chi connectivity index (χ2n) is 8.32. The minimum atomic E-state index is -0.771. The van der Waals surface area contributed by atoms with Crippen LogP contribution in [0.25, 0.3) is 5.76 Å². The van der Waals surface area contributed by atoms with E-state index < -0.39 is 17.7 Å². The first-order valence-electron chi connectivity index (χ1n) is 11.1. The molecule has 1 amide bonds. The number of carbonyl (C=O) groups is 2. The number of ether oxygens (including phenoxy) is 3. The van der Waals surface area contributed by atoms with Gasteiger partial charge in [-0.1, -0.05) is 6.07 Å². The van der Waals surface area contributed by atoms with Gasteiger partial charge in [-0.15, -0.1) is 0 Å². The average molecular weight is 469 g/mol. The van der Waals surface area contributed by atoms with Gasteiger partial charge in [-0.2, -0.15) is 0 Å². The minimum Gasteiger partial charge on any atom is -0.507 e. The van der Waals surface area contributed by atoms with Gasteiger partial charge >= 0.3 is 0 Å². The summed E-state index contributed by atoms with van der Waals surface area (Å²) in [4.78, 5) is 29.7. The molecule has 1 saturated heterocycles. The van der Waals surface area contributed by atoms with Crippen LogP contribution in [-0.4, -0.2) is 74.6 Å². The summed E-state index contributed by atoms with van der Waals surface area (Å²) in [5.74, 6) is 0.113. The van der Waals surface area contributed by atoms with E-state index in [0.717, 1.165) is 5.56 Å². The van der Waals surface area contributed by atoms with Gasteiger partial charge in [-0.05, 0) is 69.4 Å². The quantitative estimate of drug-likeness (QED) is 0.343. The number of hydrogen-bond donors (Lipinski definition) is 1. The van der Waals surface area contributed by atoms with Crippen molar-refractivity contribution in [3.8, 4) is 17.2 Å². The van der Waals surface area contributed by atoms with Crippen LogP contribution < -0.4 is 14.2 Å². The number of likely N-dealkylation sites (tertiary alicyclic amines) is 1. The molecule has 8 nitrogen and oxygen atoms in total. The number of aliphatic hydroxyl groups excluding tert-OH is 1. The third-order valence-electron chi connectivity index (χ3n) is 5.80. The lowest BCUT2D eigenvalue weighted by atomic mass is 9.94. The molecule has 0 aromatic heterocycles. The summed E-state index contributed by atoms with van der Waals surface area (Å²) in [6.45, 7) is 5.06. The number of aliphatic hydroxyl groups is 1. The number of Topliss-reactive ketones (excluding diaryl/α,β-unsaturated/α-hetero) is 1. The number of methoxy groups -OCH3 is 2. The molecule has 2 aromatic rings. The van der Waals surface area contributed by atoms with Crippen LogP contribution in [0.1, 0.15) is 29.7 Å². The fourth-order valence-electron chi connectivity index (χ4n) is 4.08. The van der Waals surface area contributed by atoms with Crippen LogP contribution in [0.15, 0.2) is 42.0 Å². The number of carbonyl (C=O) groups excluding carboxylic acids is 2. The van der Waals surface area contributed by atoms with Gasteiger partial charge in [0.2, 0.25) is 0 Å². The van der Waals surface area contributed by atoms with E-state index >= 15 is 0 Å². The Kier molecular flexibility index (Phi) is 7.83. The first-order valence-corrected chi connectivity index (χ1v) is 11.1. The minimum absolute atomic E-state index is 0.0412. The van der Waals surface area contributed by atoms with Crippen molar-refractivity contribution >= 4 is 17.4 Å². The number of ketones is 1. The molecule has 1 aliphatic rings. The molecule has 2 aromatic carbocycles. The van der Waals surface area contributed by atoms with Crippen LogP contribution in [0.3, 0.4) is 0 Å². The van der Waals surface area contributed by atoms with E-state index in [2.05, 4.69) is 0 Å². The third kappa shape index (κ3) is 4.87. The number of aryl methyl sites for hydroxylation is 1. The normalized spacial score (nSPS) is 17.4. The molecule has 0 spiro atoms. The van der Waals surface area contributed by atoms with Crippen molar-refractivity contribution in [2.45, 2.75) is 19.9 Å². The predicted molar refractivity (Wildman–Crippen MR) is 129 cm³/mol. The van der Waals surface area contributed by atoms with Gasteiger partial charge in [0.1, 0.15) is 11.5 Å². The Labute approximate surface area is 200 Å². The van der Waals surface area contributed by atoms with Crippen LogP contribution in [0.5, 0.6) is 17.2 Å². The molecule has 0 radical (unpaired) electrons. The first-order chi connectivity index (χ1) is 16.2. The Hall–Kier alpha value is -3.52. The zero-order valence-electron chi connectivity index (χ0n) is 20.5. The third-order valence-corrected chi connectivity index (χ3v) is 5.80. The van der Waals surface area contributed by atoms with E-state index in [4.69, 9.17) is 14.2 Å². The highest BCUT2D eigenvalue weighted by Gasteiger charge is 2.46. The van der Waals surface area contributed by atoms with Gasteiger partial charge in [-0.25, -0.2) is 0 Å². The number of rotatable bonds is 9. The zero-order valence-corrected chi connectivity index (χ0v) is 20.5.